The van der Waals surface area contributed by atoms with Crippen molar-refractivity contribution in [3.05, 3.63) is 0 Å². The molecule has 2 unspecified atom stereocenters. The maximum atomic E-state index is 12.7. The number of likely N-dealkylation sites (tertiary alicyclic amines) is 1. The van der Waals surface area contributed by atoms with Crippen LogP contribution in [0.3, 0.4) is 0 Å². The van der Waals surface area contributed by atoms with Crippen LogP contribution in [-0.4, -0.2) is 41.6 Å². The second-order valence-corrected chi connectivity index (χ2v) is 8.48. The first-order chi connectivity index (χ1) is 11.4. The fraction of sp³-hybridized carbons (Fsp3) is 0.889. The normalized spacial score (nSPS) is 28.4. The van der Waals surface area contributed by atoms with Gasteiger partial charge in [-0.05, 0) is 58.8 Å². The number of piperidine rings is 1. The Morgan fingerprint density at radius 3 is 2.40 bits per heavy atom. The van der Waals surface area contributed by atoms with Crippen molar-refractivity contribution >= 4 is 11.9 Å². The van der Waals surface area contributed by atoms with Gasteiger partial charge in [-0.3, -0.25) is 9.59 Å². The average Bonchev–Trinajstić information content (AvgIpc) is 2.43. The van der Waals surface area contributed by atoms with E-state index < -0.39 is 42.0 Å². The van der Waals surface area contributed by atoms with Gasteiger partial charge in [-0.25, -0.2) is 0 Å². The Kier molecular flexibility index (Phi) is 5.74. The molecular formula is C18H28F3NO3. The maximum absolute atomic E-state index is 12.7. The van der Waals surface area contributed by atoms with E-state index in [1.807, 2.05) is 0 Å². The van der Waals surface area contributed by atoms with Crippen molar-refractivity contribution in [2.45, 2.75) is 78.1 Å². The number of amides is 1. The molecule has 1 heterocycles. The topological polar surface area (TPSA) is 46.6 Å². The van der Waals surface area contributed by atoms with Crippen molar-refractivity contribution in [3.63, 3.8) is 0 Å². The Morgan fingerprint density at radius 1 is 1.20 bits per heavy atom. The molecule has 2 fully saturated rings. The molecule has 0 N–H and O–H groups in total. The predicted molar refractivity (Wildman–Crippen MR) is 86.6 cm³/mol. The smallest absolute Gasteiger partial charge is 0.397 e. The van der Waals surface area contributed by atoms with Crippen LogP contribution >= 0.6 is 0 Å². The summed E-state index contributed by atoms with van der Waals surface area (Å²) in [6.07, 6.45) is -2.91. The molecule has 0 aromatic rings. The van der Waals surface area contributed by atoms with E-state index in [1.54, 1.807) is 27.7 Å². The van der Waals surface area contributed by atoms with Gasteiger partial charge in [0.15, 0.2) is 0 Å². The number of fused-ring (bicyclic) bond motifs is 2. The number of nitrogens with zero attached hydrogens (tertiary/aromatic N) is 1. The van der Waals surface area contributed by atoms with Gasteiger partial charge in [-0.2, -0.15) is 13.2 Å². The zero-order chi connectivity index (χ0) is 19.0. The number of carbonyl (C=O) groups is 2. The zero-order valence-electron chi connectivity index (χ0n) is 15.4. The first kappa shape index (κ1) is 20.0. The maximum Gasteiger partial charge on any atom is 0.397 e. The van der Waals surface area contributed by atoms with Crippen LogP contribution in [0.4, 0.5) is 13.2 Å². The van der Waals surface area contributed by atoms with E-state index in [0.717, 1.165) is 25.7 Å². The van der Waals surface area contributed by atoms with Crippen molar-refractivity contribution in [3.8, 4) is 0 Å². The Balaban J connectivity index is 2.19. The molecule has 1 aliphatic heterocycles. The van der Waals surface area contributed by atoms with Gasteiger partial charge in [-0.1, -0.05) is 6.42 Å². The average molecular weight is 363 g/mol. The SMILES string of the molecule is C[C@H](OC(=O)C(C)(C)C)C1[C@@H]2CCCC(C2)CN1C(=O)CC(F)(F)F. The highest BCUT2D eigenvalue weighted by Crippen LogP contribution is 2.41. The second-order valence-electron chi connectivity index (χ2n) is 8.48. The monoisotopic (exact) mass is 363 g/mol. The first-order valence-electron chi connectivity index (χ1n) is 8.96. The van der Waals surface area contributed by atoms with Crippen LogP contribution in [0.15, 0.2) is 0 Å². The zero-order valence-corrected chi connectivity index (χ0v) is 15.4. The third-order valence-corrected chi connectivity index (χ3v) is 5.18. The summed E-state index contributed by atoms with van der Waals surface area (Å²) in [6, 6.07) is -0.474. The molecule has 1 aliphatic carbocycles. The molecule has 4 atom stereocenters. The molecule has 0 aromatic heterocycles. The second kappa shape index (κ2) is 7.16. The fourth-order valence-electron chi connectivity index (χ4n) is 4.06. The lowest BCUT2D eigenvalue weighted by atomic mass is 9.72. The van der Waals surface area contributed by atoms with Crippen LogP contribution in [0.5, 0.6) is 0 Å². The predicted octanol–water partition coefficient (Wildman–Crippen LogP) is 3.93. The summed E-state index contributed by atoms with van der Waals surface area (Å²) in [5.41, 5.74) is -0.696. The van der Waals surface area contributed by atoms with Crippen LogP contribution in [-0.2, 0) is 14.3 Å². The Hall–Kier alpha value is -1.27. The quantitative estimate of drug-likeness (QED) is 0.714. The molecular weight excluding hydrogens is 335 g/mol. The Bertz CT molecular complexity index is 513. The number of hydrogen-bond acceptors (Lipinski definition) is 3. The van der Waals surface area contributed by atoms with Gasteiger partial charge in [0.1, 0.15) is 12.5 Å². The molecule has 0 aromatic carbocycles. The molecule has 1 saturated carbocycles. The van der Waals surface area contributed by atoms with Crippen LogP contribution in [0, 0.1) is 17.3 Å². The van der Waals surface area contributed by atoms with Crippen molar-refractivity contribution in [2.75, 3.05) is 6.54 Å². The highest BCUT2D eigenvalue weighted by atomic mass is 19.4. The van der Waals surface area contributed by atoms with Gasteiger partial charge >= 0.3 is 12.1 Å². The standard InChI is InChI=1S/C18H28F3NO3/c1-11(25-16(24)17(2,3)4)15-13-7-5-6-12(8-13)10-22(15)14(23)9-18(19,20)21/h11-13,15H,5-10H2,1-4H3/t11-,12?,13+,15?/m0/s1. The van der Waals surface area contributed by atoms with Gasteiger partial charge < -0.3 is 9.64 Å². The van der Waals surface area contributed by atoms with E-state index in [2.05, 4.69) is 0 Å². The summed E-state index contributed by atoms with van der Waals surface area (Å²) in [6.45, 7) is 7.20. The lowest BCUT2D eigenvalue weighted by Gasteiger charge is -2.49. The molecule has 2 aliphatic rings. The third kappa shape index (κ3) is 5.11. The highest BCUT2D eigenvalue weighted by Gasteiger charge is 2.46. The molecule has 4 nitrogen and oxygen atoms in total. The van der Waals surface area contributed by atoms with Crippen molar-refractivity contribution in [2.24, 2.45) is 17.3 Å². The van der Waals surface area contributed by atoms with Crippen molar-refractivity contribution < 1.29 is 27.5 Å². The number of ether oxygens (including phenoxy) is 1. The fourth-order valence-corrected chi connectivity index (χ4v) is 4.06. The van der Waals surface area contributed by atoms with Crippen LogP contribution in [0.25, 0.3) is 0 Å². The van der Waals surface area contributed by atoms with E-state index in [4.69, 9.17) is 4.74 Å². The molecule has 7 heteroatoms. The van der Waals surface area contributed by atoms with Crippen LogP contribution in [0.2, 0.25) is 0 Å². The van der Waals surface area contributed by atoms with E-state index in [-0.39, 0.29) is 11.8 Å². The molecule has 2 bridgehead atoms. The molecule has 0 spiro atoms. The van der Waals surface area contributed by atoms with Gasteiger partial charge in [0.2, 0.25) is 5.91 Å². The number of rotatable bonds is 3. The molecule has 0 radical (unpaired) electrons. The molecule has 1 amide bonds. The van der Waals surface area contributed by atoms with E-state index in [9.17, 15) is 22.8 Å². The summed E-state index contributed by atoms with van der Waals surface area (Å²) in [7, 11) is 0. The minimum atomic E-state index is -4.53. The molecule has 2 rings (SSSR count). The summed E-state index contributed by atoms with van der Waals surface area (Å²) in [4.78, 5) is 25.8. The summed E-state index contributed by atoms with van der Waals surface area (Å²) in [5.74, 6) is -0.973. The third-order valence-electron chi connectivity index (χ3n) is 5.18. The Morgan fingerprint density at radius 2 is 1.84 bits per heavy atom. The van der Waals surface area contributed by atoms with E-state index in [0.29, 0.717) is 6.54 Å². The lowest BCUT2D eigenvalue weighted by molar-refractivity contribution is -0.178. The van der Waals surface area contributed by atoms with Gasteiger partial charge in [0.05, 0.1) is 11.5 Å². The summed E-state index contributed by atoms with van der Waals surface area (Å²) < 4.78 is 43.7. The van der Waals surface area contributed by atoms with E-state index >= 15 is 0 Å². The lowest BCUT2D eigenvalue weighted by Crippen LogP contribution is -2.58. The van der Waals surface area contributed by atoms with Crippen molar-refractivity contribution in [1.29, 1.82) is 0 Å². The van der Waals surface area contributed by atoms with Gasteiger partial charge in [0, 0.05) is 6.54 Å². The number of carbonyl (C=O) groups excluding carboxylic acids is 2. The van der Waals surface area contributed by atoms with Crippen LogP contribution in [0.1, 0.15) is 59.8 Å². The van der Waals surface area contributed by atoms with Crippen LogP contribution < -0.4 is 0 Å². The van der Waals surface area contributed by atoms with Gasteiger partial charge in [0.25, 0.3) is 0 Å². The largest absolute Gasteiger partial charge is 0.460 e. The highest BCUT2D eigenvalue weighted by molar-refractivity contribution is 5.78. The molecule has 25 heavy (non-hydrogen) atoms. The molecule has 1 saturated heterocycles. The Labute approximate surface area is 147 Å². The summed E-state index contributed by atoms with van der Waals surface area (Å²) in [5, 5.41) is 0. The number of alkyl halides is 3. The van der Waals surface area contributed by atoms with Crippen molar-refractivity contribution in [1.82, 2.24) is 4.90 Å². The number of esters is 1. The molecule has 144 valence electrons. The first-order valence-corrected chi connectivity index (χ1v) is 8.96. The number of hydrogen-bond donors (Lipinski definition) is 0. The summed E-state index contributed by atoms with van der Waals surface area (Å²) >= 11 is 0. The van der Waals surface area contributed by atoms with Gasteiger partial charge in [-0.15, -0.1) is 0 Å². The van der Waals surface area contributed by atoms with E-state index in [1.165, 1.54) is 4.90 Å². The minimum Gasteiger partial charge on any atom is -0.460 e. The number of halogens is 3. The minimum absolute atomic E-state index is 0.0902.